The fourth-order valence-electron chi connectivity index (χ4n) is 3.38. The van der Waals surface area contributed by atoms with Crippen molar-refractivity contribution in [2.24, 2.45) is 0 Å². The molecule has 2 aromatic rings. The number of halogens is 3. The number of quaternary nitrogens is 1. The molecule has 0 radical (unpaired) electrons. The van der Waals surface area contributed by atoms with Gasteiger partial charge in [-0.3, -0.25) is 0 Å². The maximum atomic E-state index is 13.2. The van der Waals surface area contributed by atoms with E-state index in [4.69, 9.17) is 0 Å². The molecular formula is C19H22F3N2O3S+. The molecule has 1 aliphatic rings. The lowest BCUT2D eigenvalue weighted by atomic mass is 10.1. The summed E-state index contributed by atoms with van der Waals surface area (Å²) in [6.07, 6.45) is -5.42. The van der Waals surface area contributed by atoms with Crippen LogP contribution in [0, 0.1) is 0 Å². The van der Waals surface area contributed by atoms with Gasteiger partial charge in [0.25, 0.3) is 0 Å². The molecule has 1 atom stereocenters. The van der Waals surface area contributed by atoms with Gasteiger partial charge in [0.1, 0.15) is 12.6 Å². The number of benzene rings is 2. The van der Waals surface area contributed by atoms with Crippen molar-refractivity contribution >= 4 is 10.0 Å². The van der Waals surface area contributed by atoms with E-state index in [1.54, 1.807) is 0 Å². The summed E-state index contributed by atoms with van der Waals surface area (Å²) in [4.78, 5) is 0.294. The van der Waals surface area contributed by atoms with Gasteiger partial charge in [0, 0.05) is 0 Å². The van der Waals surface area contributed by atoms with Gasteiger partial charge in [-0.1, -0.05) is 42.5 Å². The molecule has 5 nitrogen and oxygen atoms in total. The first-order chi connectivity index (χ1) is 13.2. The van der Waals surface area contributed by atoms with Crippen LogP contribution in [0.15, 0.2) is 59.5 Å². The lowest BCUT2D eigenvalue weighted by Crippen LogP contribution is -3.15. The van der Waals surface area contributed by atoms with E-state index in [0.29, 0.717) is 19.6 Å². The molecule has 2 N–H and O–H groups in total. The van der Waals surface area contributed by atoms with Gasteiger partial charge in [0.15, 0.2) is 0 Å². The highest BCUT2D eigenvalue weighted by atomic mass is 32.2. The zero-order valence-corrected chi connectivity index (χ0v) is 15.9. The maximum Gasteiger partial charge on any atom is 0.417 e. The molecule has 9 heteroatoms. The van der Waals surface area contributed by atoms with Gasteiger partial charge < -0.3 is 10.0 Å². The Morgan fingerprint density at radius 1 is 1.00 bits per heavy atom. The predicted molar refractivity (Wildman–Crippen MR) is 97.2 cm³/mol. The summed E-state index contributed by atoms with van der Waals surface area (Å²) in [5, 5.41) is 10.3. The van der Waals surface area contributed by atoms with Crippen LogP contribution in [-0.4, -0.2) is 50.6 Å². The summed E-state index contributed by atoms with van der Waals surface area (Å²) in [6, 6.07) is 13.4. The van der Waals surface area contributed by atoms with Crippen LogP contribution in [0.4, 0.5) is 13.2 Å². The number of nitrogens with one attached hydrogen (secondary N) is 1. The Hall–Kier alpha value is -1.94. The van der Waals surface area contributed by atoms with E-state index in [0.717, 1.165) is 26.9 Å². The van der Waals surface area contributed by atoms with E-state index in [9.17, 15) is 26.7 Å². The number of hydrogen-bond donors (Lipinski definition) is 2. The lowest BCUT2D eigenvalue weighted by Gasteiger charge is -2.33. The van der Waals surface area contributed by atoms with Crippen molar-refractivity contribution in [3.8, 4) is 0 Å². The number of aliphatic hydroxyl groups excluding tert-OH is 1. The van der Waals surface area contributed by atoms with Crippen LogP contribution in [0.1, 0.15) is 17.2 Å². The van der Waals surface area contributed by atoms with E-state index >= 15 is 0 Å². The van der Waals surface area contributed by atoms with Crippen LogP contribution in [0.25, 0.3) is 0 Å². The average Bonchev–Trinajstić information content (AvgIpc) is 2.68. The third kappa shape index (κ3) is 4.54. The highest BCUT2D eigenvalue weighted by Crippen LogP contribution is 2.35. The molecule has 1 fully saturated rings. The van der Waals surface area contributed by atoms with Crippen molar-refractivity contribution in [1.82, 2.24) is 4.31 Å². The first kappa shape index (κ1) is 20.8. The molecular weight excluding hydrogens is 393 g/mol. The molecule has 1 saturated heterocycles. The lowest BCUT2D eigenvalue weighted by molar-refractivity contribution is -0.907. The second-order valence-electron chi connectivity index (χ2n) is 6.78. The highest BCUT2D eigenvalue weighted by molar-refractivity contribution is 7.89. The summed E-state index contributed by atoms with van der Waals surface area (Å²) in [5.74, 6) is 0. The Morgan fingerprint density at radius 3 is 2.18 bits per heavy atom. The Kier molecular flexibility index (Phi) is 6.09. The summed E-state index contributed by atoms with van der Waals surface area (Å²) in [5.41, 5.74) is -0.367. The molecule has 152 valence electrons. The second-order valence-corrected chi connectivity index (χ2v) is 8.68. The number of piperazine rings is 1. The number of aliphatic hydroxyl groups is 1. The van der Waals surface area contributed by atoms with Crippen molar-refractivity contribution in [3.05, 3.63) is 65.7 Å². The van der Waals surface area contributed by atoms with Gasteiger partial charge in [-0.25, -0.2) is 8.42 Å². The van der Waals surface area contributed by atoms with Crippen molar-refractivity contribution in [2.75, 3.05) is 32.7 Å². The van der Waals surface area contributed by atoms with E-state index in [2.05, 4.69) is 0 Å². The number of rotatable bonds is 5. The second kappa shape index (κ2) is 8.20. The third-order valence-corrected chi connectivity index (χ3v) is 6.86. The highest BCUT2D eigenvalue weighted by Gasteiger charge is 2.40. The van der Waals surface area contributed by atoms with Crippen LogP contribution in [-0.2, 0) is 16.2 Å². The standard InChI is InChI=1S/C19H21F3N2O3S/c20-19(21,22)16-8-4-5-9-18(16)28(26,27)24-12-10-23(11-13-24)14-17(25)15-6-2-1-3-7-15/h1-9,17,25H,10-14H2/p+1/t17-/m1/s1. The normalized spacial score (nSPS) is 18.1. The van der Waals surface area contributed by atoms with Gasteiger partial charge in [-0.05, 0) is 17.7 Å². The van der Waals surface area contributed by atoms with Crippen LogP contribution in [0.3, 0.4) is 0 Å². The van der Waals surface area contributed by atoms with Crippen molar-refractivity contribution in [1.29, 1.82) is 0 Å². The monoisotopic (exact) mass is 415 g/mol. The topological polar surface area (TPSA) is 62.0 Å². The minimum Gasteiger partial charge on any atom is -0.382 e. The molecule has 0 spiro atoms. The van der Waals surface area contributed by atoms with Gasteiger partial charge in [0.2, 0.25) is 10.0 Å². The Bertz CT molecular complexity index is 896. The van der Waals surface area contributed by atoms with Crippen LogP contribution < -0.4 is 4.90 Å². The molecule has 2 aromatic carbocycles. The molecule has 1 aliphatic heterocycles. The molecule has 0 amide bonds. The minimum absolute atomic E-state index is 0.103. The Balaban J connectivity index is 1.68. The number of nitrogens with zero attached hydrogens (tertiary/aromatic N) is 1. The predicted octanol–water partition coefficient (Wildman–Crippen LogP) is 1.33. The molecule has 28 heavy (non-hydrogen) atoms. The van der Waals surface area contributed by atoms with Crippen LogP contribution in [0.5, 0.6) is 0 Å². The fourth-order valence-corrected chi connectivity index (χ4v) is 5.03. The Labute approximate surface area is 162 Å². The van der Waals surface area contributed by atoms with Crippen molar-refractivity contribution in [2.45, 2.75) is 17.2 Å². The molecule has 0 saturated carbocycles. The molecule has 0 bridgehead atoms. The smallest absolute Gasteiger partial charge is 0.382 e. The first-order valence-electron chi connectivity index (χ1n) is 8.92. The largest absolute Gasteiger partial charge is 0.417 e. The van der Waals surface area contributed by atoms with Gasteiger partial charge in [-0.2, -0.15) is 17.5 Å². The van der Waals surface area contributed by atoms with Gasteiger partial charge in [-0.15, -0.1) is 0 Å². The molecule has 0 aromatic heterocycles. The zero-order chi connectivity index (χ0) is 20.4. The molecule has 0 unspecified atom stereocenters. The van der Waals surface area contributed by atoms with E-state index < -0.39 is 32.8 Å². The molecule has 3 rings (SSSR count). The summed E-state index contributed by atoms with van der Waals surface area (Å²) in [6.45, 7) is 1.45. The minimum atomic E-state index is -4.74. The van der Waals surface area contributed by atoms with Crippen LogP contribution >= 0.6 is 0 Å². The van der Waals surface area contributed by atoms with Crippen LogP contribution in [0.2, 0.25) is 0 Å². The van der Waals surface area contributed by atoms with Crippen molar-refractivity contribution in [3.63, 3.8) is 0 Å². The van der Waals surface area contributed by atoms with E-state index in [1.165, 1.54) is 12.1 Å². The fraction of sp³-hybridized carbons (Fsp3) is 0.368. The average molecular weight is 415 g/mol. The first-order valence-corrected chi connectivity index (χ1v) is 10.4. The summed E-state index contributed by atoms with van der Waals surface area (Å²) >= 11 is 0. The van der Waals surface area contributed by atoms with Gasteiger partial charge in [0.05, 0.1) is 36.6 Å². The maximum absolute atomic E-state index is 13.2. The SMILES string of the molecule is O=S(=O)(c1ccccc1C(F)(F)F)N1CC[NH+](C[C@@H](O)c2ccccc2)CC1. The third-order valence-electron chi connectivity index (χ3n) is 4.91. The quantitative estimate of drug-likeness (QED) is 0.775. The van der Waals surface area contributed by atoms with Gasteiger partial charge >= 0.3 is 6.18 Å². The summed E-state index contributed by atoms with van der Waals surface area (Å²) < 4.78 is 66.2. The number of hydrogen-bond acceptors (Lipinski definition) is 3. The molecule has 1 heterocycles. The molecule has 0 aliphatic carbocycles. The van der Waals surface area contributed by atoms with Crippen molar-refractivity contribution < 1.29 is 31.6 Å². The Morgan fingerprint density at radius 2 is 1.57 bits per heavy atom. The van der Waals surface area contributed by atoms with E-state index in [-0.39, 0.29) is 13.1 Å². The number of alkyl halides is 3. The summed E-state index contributed by atoms with van der Waals surface area (Å²) in [7, 11) is -4.24. The van der Waals surface area contributed by atoms with E-state index in [1.807, 2.05) is 30.3 Å². The number of sulfonamides is 1. The zero-order valence-electron chi connectivity index (χ0n) is 15.1.